The molecule has 3 heterocycles. The number of aromatic nitrogens is 4. The summed E-state index contributed by atoms with van der Waals surface area (Å²) in [6.07, 6.45) is 2.89. The molecule has 0 spiro atoms. The Bertz CT molecular complexity index is 1340. The molecular weight excluding hydrogens is 463 g/mol. The second-order valence-corrected chi connectivity index (χ2v) is 9.02. The average Bonchev–Trinajstić information content (AvgIpc) is 3.28. The van der Waals surface area contributed by atoms with E-state index in [1.165, 1.54) is 6.20 Å². The van der Waals surface area contributed by atoms with E-state index in [1.807, 2.05) is 30.6 Å². The molecule has 188 valence electrons. The van der Waals surface area contributed by atoms with Gasteiger partial charge in [0.25, 0.3) is 0 Å². The van der Waals surface area contributed by atoms with E-state index in [1.54, 1.807) is 6.07 Å². The van der Waals surface area contributed by atoms with Crippen molar-refractivity contribution in [3.8, 4) is 11.1 Å². The summed E-state index contributed by atoms with van der Waals surface area (Å²) in [5.41, 5.74) is 4.82. The first-order valence-electron chi connectivity index (χ1n) is 12.1. The molecule has 0 amide bonds. The number of nitrogens with zero attached hydrogens (tertiary/aromatic N) is 4. The summed E-state index contributed by atoms with van der Waals surface area (Å²) in [6.45, 7) is 11.4. The fraction of sp³-hybridized carbons (Fsp3) is 0.321. The van der Waals surface area contributed by atoms with Crippen molar-refractivity contribution in [2.24, 2.45) is 0 Å². The normalized spacial score (nSPS) is 11.9. The smallest absolute Gasteiger partial charge is 0.299 e. The average molecular weight is 494 g/mol. The molecule has 0 fully saturated rings. The van der Waals surface area contributed by atoms with Gasteiger partial charge in [0, 0.05) is 36.1 Å². The van der Waals surface area contributed by atoms with Crippen molar-refractivity contribution in [2.75, 3.05) is 13.1 Å². The van der Waals surface area contributed by atoms with Crippen LogP contribution in [0.5, 0.6) is 0 Å². The largest absolute Gasteiger partial charge is 0.433 e. The SMILES string of the molecule is C=C(Cc1ccnc(C(F)(F)F)c1)c1n[nH]c2ccc(-c3cncc(CN(CCC)CCC)c3)cc12. The predicted molar refractivity (Wildman–Crippen MR) is 137 cm³/mol. The van der Waals surface area contributed by atoms with Crippen molar-refractivity contribution in [3.63, 3.8) is 0 Å². The zero-order valence-electron chi connectivity index (χ0n) is 20.6. The first-order chi connectivity index (χ1) is 17.3. The van der Waals surface area contributed by atoms with Gasteiger partial charge in [0.1, 0.15) is 5.69 Å². The molecule has 0 bridgehead atoms. The molecule has 0 atom stereocenters. The number of hydrogen-bond donors (Lipinski definition) is 1. The number of halogens is 3. The monoisotopic (exact) mass is 493 g/mol. The van der Waals surface area contributed by atoms with E-state index in [2.05, 4.69) is 51.6 Å². The van der Waals surface area contributed by atoms with Gasteiger partial charge in [-0.3, -0.25) is 20.0 Å². The van der Waals surface area contributed by atoms with Crippen molar-refractivity contribution < 1.29 is 13.2 Å². The molecule has 8 heteroatoms. The van der Waals surface area contributed by atoms with Crippen LogP contribution in [0.3, 0.4) is 0 Å². The highest BCUT2D eigenvalue weighted by Gasteiger charge is 2.32. The lowest BCUT2D eigenvalue weighted by Gasteiger charge is -2.21. The number of hydrogen-bond acceptors (Lipinski definition) is 4. The number of nitrogens with one attached hydrogen (secondary N) is 1. The Hall–Kier alpha value is -3.52. The van der Waals surface area contributed by atoms with Crippen molar-refractivity contribution in [1.29, 1.82) is 0 Å². The topological polar surface area (TPSA) is 57.7 Å². The molecule has 4 aromatic rings. The molecule has 0 aliphatic heterocycles. The van der Waals surface area contributed by atoms with Crippen LogP contribution in [0.2, 0.25) is 0 Å². The third-order valence-electron chi connectivity index (χ3n) is 6.04. The van der Waals surface area contributed by atoms with Gasteiger partial charge >= 0.3 is 6.18 Å². The van der Waals surface area contributed by atoms with E-state index in [4.69, 9.17) is 0 Å². The van der Waals surface area contributed by atoms with Crippen LogP contribution in [-0.2, 0) is 19.1 Å². The number of H-pyrrole nitrogens is 1. The molecule has 0 saturated carbocycles. The predicted octanol–water partition coefficient (Wildman–Crippen LogP) is 6.92. The maximum absolute atomic E-state index is 13.1. The molecule has 3 aromatic heterocycles. The van der Waals surface area contributed by atoms with Gasteiger partial charge < -0.3 is 0 Å². The van der Waals surface area contributed by atoms with Crippen molar-refractivity contribution in [1.82, 2.24) is 25.1 Å². The summed E-state index contributed by atoms with van der Waals surface area (Å²) >= 11 is 0. The number of pyridine rings is 2. The molecule has 1 N–H and O–H groups in total. The molecule has 0 aliphatic rings. The summed E-state index contributed by atoms with van der Waals surface area (Å²) in [5, 5.41) is 8.29. The quantitative estimate of drug-likeness (QED) is 0.261. The van der Waals surface area contributed by atoms with Crippen LogP contribution in [0, 0.1) is 0 Å². The fourth-order valence-corrected chi connectivity index (χ4v) is 4.42. The lowest BCUT2D eigenvalue weighted by Crippen LogP contribution is -2.24. The van der Waals surface area contributed by atoms with Gasteiger partial charge in [-0.05, 0) is 84.9 Å². The van der Waals surface area contributed by atoms with Gasteiger partial charge in [-0.15, -0.1) is 0 Å². The van der Waals surface area contributed by atoms with Crippen molar-refractivity contribution in [3.05, 3.63) is 84.1 Å². The number of allylic oxidation sites excluding steroid dienone is 1. The number of rotatable bonds is 10. The lowest BCUT2D eigenvalue weighted by molar-refractivity contribution is -0.141. The number of aromatic amines is 1. The maximum atomic E-state index is 13.1. The molecular formula is C28H30F3N5. The van der Waals surface area contributed by atoms with E-state index in [-0.39, 0.29) is 6.42 Å². The van der Waals surface area contributed by atoms with Gasteiger partial charge in [0.2, 0.25) is 0 Å². The minimum Gasteiger partial charge on any atom is -0.299 e. The van der Waals surface area contributed by atoms with E-state index < -0.39 is 11.9 Å². The van der Waals surface area contributed by atoms with Gasteiger partial charge in [0.05, 0.1) is 11.2 Å². The summed E-state index contributed by atoms with van der Waals surface area (Å²) < 4.78 is 39.2. The molecule has 36 heavy (non-hydrogen) atoms. The Balaban J connectivity index is 1.59. The highest BCUT2D eigenvalue weighted by Crippen LogP contribution is 2.31. The lowest BCUT2D eigenvalue weighted by atomic mass is 9.99. The summed E-state index contributed by atoms with van der Waals surface area (Å²) in [5.74, 6) is 0. The minimum absolute atomic E-state index is 0.234. The number of benzene rings is 1. The van der Waals surface area contributed by atoms with Crippen molar-refractivity contribution >= 4 is 16.5 Å². The molecule has 0 aliphatic carbocycles. The van der Waals surface area contributed by atoms with Gasteiger partial charge in [-0.25, -0.2) is 0 Å². The van der Waals surface area contributed by atoms with E-state index in [0.29, 0.717) is 16.8 Å². The molecule has 1 aromatic carbocycles. The van der Waals surface area contributed by atoms with Crippen LogP contribution in [0.1, 0.15) is 49.2 Å². The van der Waals surface area contributed by atoms with Gasteiger partial charge in [-0.2, -0.15) is 18.3 Å². The Morgan fingerprint density at radius 2 is 1.75 bits per heavy atom. The Labute approximate surface area is 209 Å². The van der Waals surface area contributed by atoms with Crippen LogP contribution >= 0.6 is 0 Å². The second kappa shape index (κ2) is 11.0. The fourth-order valence-electron chi connectivity index (χ4n) is 4.42. The van der Waals surface area contributed by atoms with E-state index in [0.717, 1.165) is 66.1 Å². The zero-order chi connectivity index (χ0) is 25.7. The third-order valence-corrected chi connectivity index (χ3v) is 6.04. The first kappa shape index (κ1) is 25.6. The Morgan fingerprint density at radius 3 is 2.47 bits per heavy atom. The molecule has 5 nitrogen and oxygen atoms in total. The zero-order valence-corrected chi connectivity index (χ0v) is 20.6. The summed E-state index contributed by atoms with van der Waals surface area (Å²) in [6, 6.07) is 10.8. The maximum Gasteiger partial charge on any atom is 0.433 e. The first-order valence-corrected chi connectivity index (χ1v) is 12.1. The van der Waals surface area contributed by atoms with Gasteiger partial charge in [-0.1, -0.05) is 26.5 Å². The van der Waals surface area contributed by atoms with Crippen LogP contribution in [0.15, 0.2) is 61.6 Å². The molecule has 0 saturated heterocycles. The standard InChI is InChI=1S/C28H30F3N5/c1-4-10-36(11-5-2)18-21-13-23(17-32-16-21)22-6-7-25-24(15-22)27(35-34-25)19(3)12-20-8-9-33-26(14-20)28(29,30)31/h6-9,13-17H,3-5,10-12,18H2,1-2H3,(H,34,35). The van der Waals surface area contributed by atoms with Crippen LogP contribution < -0.4 is 0 Å². The van der Waals surface area contributed by atoms with E-state index >= 15 is 0 Å². The second-order valence-electron chi connectivity index (χ2n) is 9.02. The summed E-state index contributed by atoms with van der Waals surface area (Å²) in [7, 11) is 0. The summed E-state index contributed by atoms with van der Waals surface area (Å²) in [4.78, 5) is 10.3. The Morgan fingerprint density at radius 1 is 0.972 bits per heavy atom. The molecule has 4 rings (SSSR count). The minimum atomic E-state index is -4.49. The van der Waals surface area contributed by atoms with Gasteiger partial charge in [0.15, 0.2) is 0 Å². The van der Waals surface area contributed by atoms with Crippen LogP contribution in [0.25, 0.3) is 27.6 Å². The number of fused-ring (bicyclic) bond motifs is 1. The van der Waals surface area contributed by atoms with Crippen LogP contribution in [0.4, 0.5) is 13.2 Å². The molecule has 0 radical (unpaired) electrons. The highest BCUT2D eigenvalue weighted by atomic mass is 19.4. The Kier molecular flexibility index (Phi) is 7.84. The molecule has 0 unspecified atom stereocenters. The number of alkyl halides is 3. The highest BCUT2D eigenvalue weighted by molar-refractivity contribution is 5.93. The third kappa shape index (κ3) is 5.99. The van der Waals surface area contributed by atoms with Crippen molar-refractivity contribution in [2.45, 2.75) is 45.8 Å². The van der Waals surface area contributed by atoms with Crippen LogP contribution in [-0.4, -0.2) is 38.2 Å². The van der Waals surface area contributed by atoms with E-state index in [9.17, 15) is 13.2 Å².